The quantitative estimate of drug-likeness (QED) is 0.245. The SMILES string of the molecule is C=CC(=O)Nc1cccc(-n2c(=O)c(Oc3ccc(F)cc3)cc3cnc(Nc4cnn(C5CCN(C)CC5)c4)nc32)c1. The molecule has 2 N–H and O–H groups in total. The molecule has 1 amide bonds. The normalized spacial score (nSPS) is 14.0. The highest BCUT2D eigenvalue weighted by Crippen LogP contribution is 2.27. The Bertz CT molecular complexity index is 1860. The number of nitrogens with zero attached hydrogens (tertiary/aromatic N) is 6. The summed E-state index contributed by atoms with van der Waals surface area (Å²) in [6.45, 7) is 5.52. The minimum absolute atomic E-state index is 0.0108. The number of hydrogen-bond donors (Lipinski definition) is 2. The monoisotopic (exact) mass is 580 g/mol. The van der Waals surface area contributed by atoms with Gasteiger partial charge in [0.2, 0.25) is 11.9 Å². The molecule has 1 fully saturated rings. The van der Waals surface area contributed by atoms with E-state index in [2.05, 4.69) is 39.2 Å². The number of halogens is 1. The molecule has 6 rings (SSSR count). The number of anilines is 3. The van der Waals surface area contributed by atoms with Crippen molar-refractivity contribution >= 4 is 34.3 Å². The Hall–Kier alpha value is -5.36. The van der Waals surface area contributed by atoms with Crippen molar-refractivity contribution in [2.75, 3.05) is 30.8 Å². The molecule has 1 aliphatic rings. The largest absolute Gasteiger partial charge is 0.452 e. The Labute approximate surface area is 246 Å². The van der Waals surface area contributed by atoms with Crippen molar-refractivity contribution in [3.63, 3.8) is 0 Å². The average molecular weight is 581 g/mol. The Kier molecular flexibility index (Phi) is 7.67. The second-order valence-corrected chi connectivity index (χ2v) is 10.3. The smallest absolute Gasteiger partial charge is 0.299 e. The lowest BCUT2D eigenvalue weighted by atomic mass is 10.1. The number of amides is 1. The molecule has 4 heterocycles. The van der Waals surface area contributed by atoms with Crippen LogP contribution in [0, 0.1) is 5.82 Å². The number of carbonyl (C=O) groups is 1. The third-order valence-electron chi connectivity index (χ3n) is 7.23. The van der Waals surface area contributed by atoms with Gasteiger partial charge in [-0.2, -0.15) is 10.1 Å². The lowest BCUT2D eigenvalue weighted by Gasteiger charge is -2.28. The van der Waals surface area contributed by atoms with Crippen molar-refractivity contribution < 1.29 is 13.9 Å². The first-order chi connectivity index (χ1) is 20.9. The zero-order valence-corrected chi connectivity index (χ0v) is 23.4. The van der Waals surface area contributed by atoms with Crippen LogP contribution in [0.25, 0.3) is 16.7 Å². The molecule has 1 saturated heterocycles. The number of benzene rings is 2. The number of fused-ring (bicyclic) bond motifs is 1. The van der Waals surface area contributed by atoms with Crippen molar-refractivity contribution in [1.82, 2.24) is 29.2 Å². The fraction of sp³-hybridized carbons (Fsp3) is 0.194. The number of aromatic nitrogens is 5. The number of ether oxygens (including phenoxy) is 1. The van der Waals surface area contributed by atoms with Gasteiger partial charge < -0.3 is 20.3 Å². The highest BCUT2D eigenvalue weighted by Gasteiger charge is 2.20. The van der Waals surface area contributed by atoms with Gasteiger partial charge in [-0.25, -0.2) is 9.37 Å². The Morgan fingerprint density at radius 3 is 2.65 bits per heavy atom. The van der Waals surface area contributed by atoms with E-state index in [-0.39, 0.29) is 17.4 Å². The maximum absolute atomic E-state index is 13.9. The molecule has 0 bridgehead atoms. The summed E-state index contributed by atoms with van der Waals surface area (Å²) in [5.74, 6) is -0.267. The summed E-state index contributed by atoms with van der Waals surface area (Å²) in [6, 6.07) is 14.0. The van der Waals surface area contributed by atoms with Gasteiger partial charge in [-0.05, 0) is 87.6 Å². The number of likely N-dealkylation sites (tertiary alicyclic amines) is 1. The molecule has 0 spiro atoms. The van der Waals surface area contributed by atoms with Crippen LogP contribution in [0.15, 0.2) is 90.6 Å². The molecule has 0 unspecified atom stereocenters. The van der Waals surface area contributed by atoms with Crippen LogP contribution in [-0.4, -0.2) is 55.3 Å². The van der Waals surface area contributed by atoms with E-state index in [1.807, 2.05) is 10.9 Å². The summed E-state index contributed by atoms with van der Waals surface area (Å²) in [7, 11) is 2.12. The van der Waals surface area contributed by atoms with E-state index in [9.17, 15) is 14.0 Å². The zero-order valence-electron chi connectivity index (χ0n) is 23.4. The Morgan fingerprint density at radius 1 is 1.09 bits per heavy atom. The van der Waals surface area contributed by atoms with Crippen molar-refractivity contribution in [1.29, 1.82) is 0 Å². The van der Waals surface area contributed by atoms with Gasteiger partial charge in [0.15, 0.2) is 11.4 Å². The summed E-state index contributed by atoms with van der Waals surface area (Å²) in [5.41, 5.74) is 1.41. The number of carbonyl (C=O) groups excluding carboxylic acids is 1. The van der Waals surface area contributed by atoms with Crippen molar-refractivity contribution in [3.8, 4) is 17.2 Å². The lowest BCUT2D eigenvalue weighted by Crippen LogP contribution is -2.31. The summed E-state index contributed by atoms with van der Waals surface area (Å²) in [6.07, 6.45) is 8.44. The first kappa shape index (κ1) is 27.8. The molecular formula is C31H29FN8O3. The molecular weight excluding hydrogens is 551 g/mol. The molecule has 0 radical (unpaired) electrons. The zero-order chi connectivity index (χ0) is 29.9. The summed E-state index contributed by atoms with van der Waals surface area (Å²) < 4.78 is 22.7. The van der Waals surface area contributed by atoms with E-state index in [0.29, 0.717) is 28.5 Å². The molecule has 0 aliphatic carbocycles. The van der Waals surface area contributed by atoms with Gasteiger partial charge in [-0.3, -0.25) is 18.8 Å². The van der Waals surface area contributed by atoms with E-state index in [0.717, 1.165) is 37.7 Å². The third kappa shape index (κ3) is 6.14. The van der Waals surface area contributed by atoms with E-state index in [1.54, 1.807) is 42.7 Å². The third-order valence-corrected chi connectivity index (χ3v) is 7.23. The summed E-state index contributed by atoms with van der Waals surface area (Å²) in [4.78, 5) is 37.3. The van der Waals surface area contributed by atoms with Crippen LogP contribution in [0.5, 0.6) is 11.5 Å². The van der Waals surface area contributed by atoms with Gasteiger partial charge in [0, 0.05) is 23.5 Å². The van der Waals surface area contributed by atoms with Crippen LogP contribution in [0.4, 0.5) is 21.7 Å². The first-order valence-electron chi connectivity index (χ1n) is 13.8. The van der Waals surface area contributed by atoms with Crippen LogP contribution in [0.2, 0.25) is 0 Å². The molecule has 3 aromatic heterocycles. The van der Waals surface area contributed by atoms with Crippen LogP contribution >= 0.6 is 0 Å². The van der Waals surface area contributed by atoms with Gasteiger partial charge in [-0.1, -0.05) is 12.6 Å². The highest BCUT2D eigenvalue weighted by atomic mass is 19.1. The minimum Gasteiger partial charge on any atom is -0.452 e. The van der Waals surface area contributed by atoms with E-state index in [4.69, 9.17) is 9.72 Å². The Morgan fingerprint density at radius 2 is 1.88 bits per heavy atom. The maximum Gasteiger partial charge on any atom is 0.299 e. The second-order valence-electron chi connectivity index (χ2n) is 10.3. The maximum atomic E-state index is 13.9. The molecule has 218 valence electrons. The molecule has 43 heavy (non-hydrogen) atoms. The van der Waals surface area contributed by atoms with Crippen molar-refractivity contribution in [3.05, 3.63) is 102 Å². The summed E-state index contributed by atoms with van der Waals surface area (Å²) in [5, 5.41) is 11.0. The first-order valence-corrected chi connectivity index (χ1v) is 13.8. The fourth-order valence-corrected chi connectivity index (χ4v) is 4.98. The number of pyridine rings is 1. The number of nitrogens with one attached hydrogen (secondary N) is 2. The molecule has 12 heteroatoms. The molecule has 0 saturated carbocycles. The predicted molar refractivity (Wildman–Crippen MR) is 162 cm³/mol. The van der Waals surface area contributed by atoms with Gasteiger partial charge >= 0.3 is 0 Å². The predicted octanol–water partition coefficient (Wildman–Crippen LogP) is 5.04. The fourth-order valence-electron chi connectivity index (χ4n) is 4.98. The van der Waals surface area contributed by atoms with Gasteiger partial charge in [-0.15, -0.1) is 0 Å². The Balaban J connectivity index is 1.39. The molecule has 5 aromatic rings. The number of rotatable bonds is 8. The van der Waals surface area contributed by atoms with Crippen LogP contribution < -0.4 is 20.9 Å². The number of piperidine rings is 1. The van der Waals surface area contributed by atoms with Crippen molar-refractivity contribution in [2.45, 2.75) is 18.9 Å². The van der Waals surface area contributed by atoms with Crippen LogP contribution in [-0.2, 0) is 4.79 Å². The number of hydrogen-bond acceptors (Lipinski definition) is 8. The van der Waals surface area contributed by atoms with E-state index >= 15 is 0 Å². The van der Waals surface area contributed by atoms with Gasteiger partial charge in [0.1, 0.15) is 11.6 Å². The van der Waals surface area contributed by atoms with Crippen LogP contribution in [0.1, 0.15) is 18.9 Å². The second kappa shape index (κ2) is 11.9. The minimum atomic E-state index is -0.510. The van der Waals surface area contributed by atoms with Crippen LogP contribution in [0.3, 0.4) is 0 Å². The average Bonchev–Trinajstić information content (AvgIpc) is 3.47. The molecule has 1 aliphatic heterocycles. The standard InChI is InChI=1S/C31H29FN8O3/c1-3-28(41)35-22-5-4-6-25(16-22)40-29-20(15-27(30(40)42)43-26-9-7-21(32)8-10-26)17-33-31(37-29)36-23-18-34-39(19-23)24-11-13-38(2)14-12-24/h3-10,15-19,24H,1,11-14H2,2H3,(H,35,41)(H,33,36,37). The topological polar surface area (TPSA) is 119 Å². The summed E-state index contributed by atoms with van der Waals surface area (Å²) >= 11 is 0. The van der Waals surface area contributed by atoms with Gasteiger partial charge in [0.05, 0.1) is 23.6 Å². The highest BCUT2D eigenvalue weighted by molar-refractivity contribution is 5.99. The lowest BCUT2D eigenvalue weighted by molar-refractivity contribution is -0.111. The molecule has 0 atom stereocenters. The van der Waals surface area contributed by atoms with E-state index in [1.165, 1.54) is 28.8 Å². The van der Waals surface area contributed by atoms with Crippen molar-refractivity contribution in [2.24, 2.45) is 0 Å². The molecule has 11 nitrogen and oxygen atoms in total. The van der Waals surface area contributed by atoms with E-state index < -0.39 is 17.3 Å². The van der Waals surface area contributed by atoms with Gasteiger partial charge in [0.25, 0.3) is 5.56 Å². The molecule has 2 aromatic carbocycles.